The first-order chi connectivity index (χ1) is 13.7. The van der Waals surface area contributed by atoms with Crippen LogP contribution in [0.1, 0.15) is 41.8 Å². The molecule has 0 unspecified atom stereocenters. The molecule has 0 atom stereocenters. The molecule has 7 heteroatoms. The van der Waals surface area contributed by atoms with Gasteiger partial charge >= 0.3 is 0 Å². The first-order valence-corrected chi connectivity index (χ1v) is 9.43. The number of ether oxygens (including phenoxy) is 1. The molecule has 0 heterocycles. The minimum Gasteiger partial charge on any atom is -0.483 e. The Morgan fingerprint density at radius 3 is 2.24 bits per heavy atom. The first-order valence-electron chi connectivity index (χ1n) is 9.43. The molecule has 0 aliphatic carbocycles. The maximum absolute atomic E-state index is 12.1. The maximum Gasteiger partial charge on any atom is 0.276 e. The number of hydrogen-bond acceptors (Lipinski definition) is 4. The summed E-state index contributed by atoms with van der Waals surface area (Å²) in [4.78, 5) is 35.8. The van der Waals surface area contributed by atoms with Crippen molar-refractivity contribution in [2.24, 2.45) is 5.92 Å². The van der Waals surface area contributed by atoms with Crippen molar-refractivity contribution in [3.05, 3.63) is 59.2 Å². The third-order valence-corrected chi connectivity index (χ3v) is 4.03. The molecule has 2 aromatic carbocycles. The van der Waals surface area contributed by atoms with Crippen LogP contribution in [-0.2, 0) is 9.59 Å². The number of hydrogen-bond donors (Lipinski definition) is 3. The Morgan fingerprint density at radius 1 is 0.931 bits per heavy atom. The van der Waals surface area contributed by atoms with Gasteiger partial charge in [0.2, 0.25) is 5.91 Å². The molecule has 0 saturated carbocycles. The quantitative estimate of drug-likeness (QED) is 0.626. The average molecular weight is 397 g/mol. The van der Waals surface area contributed by atoms with Gasteiger partial charge < -0.3 is 10.1 Å². The lowest BCUT2D eigenvalue weighted by atomic mass is 10.1. The van der Waals surface area contributed by atoms with Crippen LogP contribution < -0.4 is 20.9 Å². The number of nitrogens with one attached hydrogen (secondary N) is 3. The second-order valence-electron chi connectivity index (χ2n) is 7.28. The van der Waals surface area contributed by atoms with E-state index in [1.807, 2.05) is 39.8 Å². The topological polar surface area (TPSA) is 96.5 Å². The number of anilines is 1. The second-order valence-corrected chi connectivity index (χ2v) is 7.28. The van der Waals surface area contributed by atoms with E-state index in [-0.39, 0.29) is 18.4 Å². The van der Waals surface area contributed by atoms with Gasteiger partial charge in [0.15, 0.2) is 6.61 Å². The maximum atomic E-state index is 12.1. The van der Waals surface area contributed by atoms with Crippen LogP contribution in [0, 0.1) is 19.8 Å². The molecule has 0 aliphatic heterocycles. The van der Waals surface area contributed by atoms with Crippen LogP contribution >= 0.6 is 0 Å². The van der Waals surface area contributed by atoms with Gasteiger partial charge in [0, 0.05) is 17.7 Å². The predicted molar refractivity (Wildman–Crippen MR) is 112 cm³/mol. The lowest BCUT2D eigenvalue weighted by Crippen LogP contribution is -2.43. The van der Waals surface area contributed by atoms with Crippen molar-refractivity contribution in [1.82, 2.24) is 10.9 Å². The van der Waals surface area contributed by atoms with Crippen molar-refractivity contribution >= 4 is 23.4 Å². The van der Waals surface area contributed by atoms with Crippen LogP contribution in [-0.4, -0.2) is 24.3 Å². The number of carbonyl (C=O) groups excluding carboxylic acids is 3. The highest BCUT2D eigenvalue weighted by atomic mass is 16.5. The monoisotopic (exact) mass is 397 g/mol. The van der Waals surface area contributed by atoms with Gasteiger partial charge in [-0.15, -0.1) is 0 Å². The van der Waals surface area contributed by atoms with E-state index in [1.165, 1.54) is 0 Å². The summed E-state index contributed by atoms with van der Waals surface area (Å²) in [6, 6.07) is 12.1. The molecule has 0 radical (unpaired) electrons. The molecule has 2 aromatic rings. The zero-order valence-corrected chi connectivity index (χ0v) is 17.2. The summed E-state index contributed by atoms with van der Waals surface area (Å²) in [5.74, 6) is -0.135. The molecule has 0 aliphatic rings. The van der Waals surface area contributed by atoms with E-state index in [9.17, 15) is 14.4 Å². The number of carbonyl (C=O) groups is 3. The summed E-state index contributed by atoms with van der Waals surface area (Å²) >= 11 is 0. The van der Waals surface area contributed by atoms with E-state index >= 15 is 0 Å². The average Bonchev–Trinajstić information content (AvgIpc) is 2.65. The summed E-state index contributed by atoms with van der Waals surface area (Å²) in [5.41, 5.74) is 7.66. The summed E-state index contributed by atoms with van der Waals surface area (Å²) in [6.07, 6.45) is 0.429. The Labute approximate surface area is 170 Å². The van der Waals surface area contributed by atoms with E-state index in [0.29, 0.717) is 23.4 Å². The number of rotatable bonds is 7. The first kappa shape index (κ1) is 21.9. The summed E-state index contributed by atoms with van der Waals surface area (Å²) in [6.45, 7) is 7.59. The van der Waals surface area contributed by atoms with Crippen molar-refractivity contribution in [1.29, 1.82) is 0 Å². The number of hydrazine groups is 1. The standard InChI is InChI=1S/C22H27N3O4/c1-14(2)11-20(26)23-18-8-6-17(7-9-18)22(28)25-24-21(27)13-29-19-10-5-15(3)12-16(19)4/h5-10,12,14H,11,13H2,1-4H3,(H,23,26)(H,24,27)(H,25,28). The fraction of sp³-hybridized carbons (Fsp3) is 0.318. The van der Waals surface area contributed by atoms with Crippen molar-refractivity contribution in [2.45, 2.75) is 34.1 Å². The van der Waals surface area contributed by atoms with Gasteiger partial charge in [-0.2, -0.15) is 0 Å². The molecule has 0 fully saturated rings. The van der Waals surface area contributed by atoms with E-state index in [0.717, 1.165) is 11.1 Å². The Kier molecular flexibility index (Phi) is 7.77. The van der Waals surface area contributed by atoms with Gasteiger partial charge in [-0.25, -0.2) is 0 Å². The van der Waals surface area contributed by atoms with Gasteiger partial charge in [-0.3, -0.25) is 25.2 Å². The van der Waals surface area contributed by atoms with Crippen molar-refractivity contribution in [3.63, 3.8) is 0 Å². The normalized spacial score (nSPS) is 10.4. The molecular weight excluding hydrogens is 370 g/mol. The molecule has 0 aromatic heterocycles. The van der Waals surface area contributed by atoms with Crippen molar-refractivity contribution in [2.75, 3.05) is 11.9 Å². The zero-order valence-electron chi connectivity index (χ0n) is 17.2. The third kappa shape index (κ3) is 7.29. The molecule has 0 spiro atoms. The SMILES string of the molecule is Cc1ccc(OCC(=O)NNC(=O)c2ccc(NC(=O)CC(C)C)cc2)c(C)c1. The molecule has 0 bridgehead atoms. The lowest BCUT2D eigenvalue weighted by molar-refractivity contribution is -0.123. The molecule has 3 amide bonds. The van der Waals surface area contributed by atoms with Gasteiger partial charge in [0.1, 0.15) is 5.75 Å². The van der Waals surface area contributed by atoms with E-state index in [2.05, 4.69) is 16.2 Å². The summed E-state index contributed by atoms with van der Waals surface area (Å²) in [7, 11) is 0. The van der Waals surface area contributed by atoms with E-state index < -0.39 is 11.8 Å². The van der Waals surface area contributed by atoms with Gasteiger partial charge in [0.05, 0.1) is 0 Å². The van der Waals surface area contributed by atoms with Crippen LogP contribution in [0.4, 0.5) is 5.69 Å². The molecule has 2 rings (SSSR count). The highest BCUT2D eigenvalue weighted by Crippen LogP contribution is 2.18. The second kappa shape index (κ2) is 10.3. The lowest BCUT2D eigenvalue weighted by Gasteiger charge is -2.11. The highest BCUT2D eigenvalue weighted by molar-refractivity contribution is 5.96. The van der Waals surface area contributed by atoms with E-state index in [1.54, 1.807) is 30.3 Å². The summed E-state index contributed by atoms with van der Waals surface area (Å²) < 4.78 is 5.47. The Hall–Kier alpha value is -3.35. The van der Waals surface area contributed by atoms with Crippen LogP contribution in [0.2, 0.25) is 0 Å². The smallest absolute Gasteiger partial charge is 0.276 e. The van der Waals surface area contributed by atoms with Crippen LogP contribution in [0.25, 0.3) is 0 Å². The number of benzene rings is 2. The minimum atomic E-state index is -0.476. The zero-order chi connectivity index (χ0) is 21.4. The van der Waals surface area contributed by atoms with Gasteiger partial charge in [-0.05, 0) is 55.7 Å². The Bertz CT molecular complexity index is 876. The Morgan fingerprint density at radius 2 is 1.62 bits per heavy atom. The molecule has 0 saturated heterocycles. The van der Waals surface area contributed by atoms with Gasteiger partial charge in [0.25, 0.3) is 11.8 Å². The van der Waals surface area contributed by atoms with Gasteiger partial charge in [-0.1, -0.05) is 31.5 Å². The van der Waals surface area contributed by atoms with Crippen molar-refractivity contribution in [3.8, 4) is 5.75 Å². The molecule has 7 nitrogen and oxygen atoms in total. The predicted octanol–water partition coefficient (Wildman–Crippen LogP) is 3.13. The fourth-order valence-electron chi connectivity index (χ4n) is 2.63. The van der Waals surface area contributed by atoms with E-state index in [4.69, 9.17) is 4.74 Å². The number of amides is 3. The molecule has 29 heavy (non-hydrogen) atoms. The minimum absolute atomic E-state index is 0.0757. The Balaban J connectivity index is 1.79. The largest absolute Gasteiger partial charge is 0.483 e. The van der Waals surface area contributed by atoms with Crippen molar-refractivity contribution < 1.29 is 19.1 Å². The molecule has 3 N–H and O–H groups in total. The van der Waals surface area contributed by atoms with Crippen LogP contribution in [0.5, 0.6) is 5.75 Å². The molecule has 154 valence electrons. The van der Waals surface area contributed by atoms with Crippen LogP contribution in [0.3, 0.4) is 0 Å². The summed E-state index contributed by atoms with van der Waals surface area (Å²) in [5, 5.41) is 2.77. The van der Waals surface area contributed by atoms with Crippen LogP contribution in [0.15, 0.2) is 42.5 Å². The third-order valence-electron chi connectivity index (χ3n) is 4.03. The molecular formula is C22H27N3O4. The highest BCUT2D eigenvalue weighted by Gasteiger charge is 2.10. The fourth-order valence-corrected chi connectivity index (χ4v) is 2.63. The number of aryl methyl sites for hydroxylation is 2.